The molecule has 0 saturated carbocycles. The van der Waals surface area contributed by atoms with E-state index in [2.05, 4.69) is 47.8 Å². The minimum atomic E-state index is -0.804. The zero-order valence-corrected chi connectivity index (χ0v) is 15.8. The van der Waals surface area contributed by atoms with Gasteiger partial charge in [0.05, 0.1) is 0 Å². The maximum absolute atomic E-state index is 14.0. The Labute approximate surface area is 148 Å². The maximum atomic E-state index is 14.0. The summed E-state index contributed by atoms with van der Waals surface area (Å²) in [4.78, 5) is 0. The van der Waals surface area contributed by atoms with Crippen LogP contribution in [0.5, 0.6) is 0 Å². The third-order valence-corrected chi connectivity index (χ3v) is 6.20. The first-order valence-electron chi connectivity index (χ1n) is 6.33. The van der Waals surface area contributed by atoms with Crippen LogP contribution in [0.15, 0.2) is 46.9 Å². The lowest BCUT2D eigenvalue weighted by Gasteiger charge is -2.31. The summed E-state index contributed by atoms with van der Waals surface area (Å²) >= 11 is 10.5. The average molecular weight is 483 g/mol. The Morgan fingerprint density at radius 1 is 0.905 bits per heavy atom. The van der Waals surface area contributed by atoms with Crippen molar-refractivity contribution in [2.45, 2.75) is 11.8 Å². The number of halogens is 5. The fourth-order valence-electron chi connectivity index (χ4n) is 2.24. The molecule has 0 unspecified atom stereocenters. The first kappa shape index (κ1) is 17.1. The van der Waals surface area contributed by atoms with Crippen LogP contribution in [0, 0.1) is 11.6 Å². The number of rotatable bonds is 5. The quantitative estimate of drug-likeness (QED) is 0.459. The first-order chi connectivity index (χ1) is 10.0. The molecule has 0 bridgehead atoms. The van der Waals surface area contributed by atoms with Crippen molar-refractivity contribution < 1.29 is 8.78 Å². The molecule has 0 heterocycles. The molecular formula is C16H13Br3F2. The fourth-order valence-corrected chi connectivity index (χ4v) is 4.48. The monoisotopic (exact) mass is 480 g/mol. The lowest BCUT2D eigenvalue weighted by Crippen LogP contribution is -2.33. The molecule has 0 N–H and O–H groups in total. The average Bonchev–Trinajstić information content (AvgIpc) is 2.50. The van der Waals surface area contributed by atoms with E-state index in [0.717, 1.165) is 16.1 Å². The highest BCUT2D eigenvalue weighted by Gasteiger charge is 2.31. The summed E-state index contributed by atoms with van der Waals surface area (Å²) in [5, 5.41) is 1.28. The lowest BCUT2D eigenvalue weighted by atomic mass is 9.79. The van der Waals surface area contributed by atoms with Crippen LogP contribution >= 0.6 is 47.8 Å². The van der Waals surface area contributed by atoms with E-state index in [1.54, 1.807) is 12.1 Å². The Morgan fingerprint density at radius 2 is 1.52 bits per heavy atom. The largest absolute Gasteiger partial charge is 0.204 e. The molecule has 0 radical (unpaired) electrons. The van der Waals surface area contributed by atoms with Gasteiger partial charge in [-0.25, -0.2) is 8.78 Å². The number of benzene rings is 2. The van der Waals surface area contributed by atoms with Crippen LogP contribution in [0.3, 0.4) is 0 Å². The summed E-state index contributed by atoms with van der Waals surface area (Å²) in [7, 11) is 0. The molecule has 2 rings (SSSR count). The second kappa shape index (κ2) is 7.34. The number of hydrogen-bond donors (Lipinski definition) is 0. The van der Waals surface area contributed by atoms with Crippen molar-refractivity contribution in [1.29, 1.82) is 0 Å². The lowest BCUT2D eigenvalue weighted by molar-refractivity contribution is 0.476. The molecule has 0 aliphatic heterocycles. The standard InChI is InChI=1S/C16H13Br3F2/c17-9-16(10-18,12-4-6-13(19)7-5-12)8-11-2-1-3-14(20)15(11)21/h1-7H,8-10H2. The molecule has 2 aromatic carbocycles. The maximum Gasteiger partial charge on any atom is 0.162 e. The van der Waals surface area contributed by atoms with Gasteiger partial charge in [0.25, 0.3) is 0 Å². The molecule has 0 amide bonds. The van der Waals surface area contributed by atoms with Crippen LogP contribution in [0.2, 0.25) is 0 Å². The second-order valence-corrected chi connectivity index (χ2v) is 6.98. The van der Waals surface area contributed by atoms with E-state index in [-0.39, 0.29) is 5.41 Å². The third-order valence-electron chi connectivity index (χ3n) is 3.53. The Balaban J connectivity index is 2.43. The van der Waals surface area contributed by atoms with Crippen molar-refractivity contribution in [2.24, 2.45) is 0 Å². The van der Waals surface area contributed by atoms with Gasteiger partial charge in [0.2, 0.25) is 0 Å². The Hall–Kier alpha value is -0.260. The van der Waals surface area contributed by atoms with Gasteiger partial charge >= 0.3 is 0 Å². The van der Waals surface area contributed by atoms with E-state index in [9.17, 15) is 8.78 Å². The molecule has 0 aromatic heterocycles. The molecule has 0 saturated heterocycles. The molecule has 112 valence electrons. The molecule has 0 atom stereocenters. The molecule has 0 aliphatic carbocycles. The SMILES string of the molecule is Fc1cccc(CC(CBr)(CBr)c2ccc(Br)cc2)c1F. The van der Waals surface area contributed by atoms with Crippen LogP contribution in [0.4, 0.5) is 8.78 Å². The predicted molar refractivity (Wildman–Crippen MR) is 93.5 cm³/mol. The highest BCUT2D eigenvalue weighted by Crippen LogP contribution is 2.34. The smallest absolute Gasteiger partial charge is 0.162 e. The molecule has 5 heteroatoms. The Morgan fingerprint density at radius 3 is 2.10 bits per heavy atom. The first-order valence-corrected chi connectivity index (χ1v) is 9.37. The normalized spacial score (nSPS) is 11.7. The summed E-state index contributed by atoms with van der Waals surface area (Å²) in [6, 6.07) is 12.2. The van der Waals surface area contributed by atoms with E-state index in [1.165, 1.54) is 0 Å². The van der Waals surface area contributed by atoms with Gasteiger partial charge in [-0.15, -0.1) is 0 Å². The van der Waals surface area contributed by atoms with Crippen LogP contribution in [0.25, 0.3) is 0 Å². The van der Waals surface area contributed by atoms with Crippen molar-refractivity contribution in [2.75, 3.05) is 10.7 Å². The van der Waals surface area contributed by atoms with Gasteiger partial charge in [0.15, 0.2) is 11.6 Å². The molecule has 0 nitrogen and oxygen atoms in total. The van der Waals surface area contributed by atoms with E-state index >= 15 is 0 Å². The van der Waals surface area contributed by atoms with Gasteiger partial charge in [-0.05, 0) is 35.7 Å². The summed E-state index contributed by atoms with van der Waals surface area (Å²) in [5.41, 5.74) is 1.12. The van der Waals surface area contributed by atoms with Gasteiger partial charge in [0, 0.05) is 20.5 Å². The van der Waals surface area contributed by atoms with E-state index in [1.807, 2.05) is 24.3 Å². The van der Waals surface area contributed by atoms with Crippen molar-refractivity contribution in [3.05, 3.63) is 69.7 Å². The second-order valence-electron chi connectivity index (χ2n) is 4.94. The van der Waals surface area contributed by atoms with Crippen molar-refractivity contribution in [3.63, 3.8) is 0 Å². The van der Waals surface area contributed by atoms with E-state index < -0.39 is 11.6 Å². The number of alkyl halides is 2. The van der Waals surface area contributed by atoms with Gasteiger partial charge in [-0.1, -0.05) is 72.1 Å². The molecule has 0 fully saturated rings. The van der Waals surface area contributed by atoms with Crippen molar-refractivity contribution in [1.82, 2.24) is 0 Å². The molecule has 0 aliphatic rings. The fraction of sp³-hybridized carbons (Fsp3) is 0.250. The van der Waals surface area contributed by atoms with Gasteiger partial charge in [-0.2, -0.15) is 0 Å². The summed E-state index contributed by atoms with van der Waals surface area (Å²) < 4.78 is 28.4. The van der Waals surface area contributed by atoms with Gasteiger partial charge < -0.3 is 0 Å². The Kier molecular flexibility index (Phi) is 5.97. The van der Waals surface area contributed by atoms with Crippen LogP contribution in [-0.4, -0.2) is 10.7 Å². The summed E-state index contributed by atoms with van der Waals surface area (Å²) in [6.45, 7) is 0. The minimum absolute atomic E-state index is 0.338. The van der Waals surface area contributed by atoms with Crippen LogP contribution in [0.1, 0.15) is 11.1 Å². The summed E-state index contributed by atoms with van der Waals surface area (Å²) in [6.07, 6.45) is 0.411. The molecule has 2 aromatic rings. The third kappa shape index (κ3) is 3.74. The van der Waals surface area contributed by atoms with E-state index in [0.29, 0.717) is 22.6 Å². The number of hydrogen-bond acceptors (Lipinski definition) is 0. The topological polar surface area (TPSA) is 0 Å². The van der Waals surface area contributed by atoms with Crippen molar-refractivity contribution >= 4 is 47.8 Å². The molecule has 21 heavy (non-hydrogen) atoms. The zero-order chi connectivity index (χ0) is 15.5. The molecule has 0 spiro atoms. The molecular weight excluding hydrogens is 470 g/mol. The summed E-state index contributed by atoms with van der Waals surface area (Å²) in [5.74, 6) is -1.57. The zero-order valence-electron chi connectivity index (χ0n) is 11.1. The van der Waals surface area contributed by atoms with Gasteiger partial charge in [-0.3, -0.25) is 0 Å². The van der Waals surface area contributed by atoms with E-state index in [4.69, 9.17) is 0 Å². The highest BCUT2D eigenvalue weighted by atomic mass is 79.9. The van der Waals surface area contributed by atoms with Gasteiger partial charge in [0.1, 0.15) is 0 Å². The van der Waals surface area contributed by atoms with Crippen molar-refractivity contribution in [3.8, 4) is 0 Å². The highest BCUT2D eigenvalue weighted by molar-refractivity contribution is 9.10. The minimum Gasteiger partial charge on any atom is -0.204 e. The Bertz CT molecular complexity index is 607. The van der Waals surface area contributed by atoms with Crippen LogP contribution < -0.4 is 0 Å². The van der Waals surface area contributed by atoms with Crippen LogP contribution in [-0.2, 0) is 11.8 Å². The predicted octanol–water partition coefficient (Wildman–Crippen LogP) is 6.00.